The second-order valence-electron chi connectivity index (χ2n) is 3.88. The molecule has 0 aliphatic carbocycles. The van der Waals surface area contributed by atoms with Crippen molar-refractivity contribution < 1.29 is 9.84 Å². The van der Waals surface area contributed by atoms with Gasteiger partial charge in [-0.05, 0) is 26.1 Å². The van der Waals surface area contributed by atoms with E-state index >= 15 is 0 Å². The minimum atomic E-state index is -0.255. The molecule has 0 saturated heterocycles. The first-order valence-corrected chi connectivity index (χ1v) is 5.18. The van der Waals surface area contributed by atoms with Crippen molar-refractivity contribution in [2.45, 2.75) is 18.9 Å². The molecule has 0 aliphatic heterocycles. The summed E-state index contributed by atoms with van der Waals surface area (Å²) in [6.45, 7) is 2.69. The summed E-state index contributed by atoms with van der Waals surface area (Å²) < 4.78 is 5.55. The molecule has 3 nitrogen and oxygen atoms in total. The highest BCUT2D eigenvalue weighted by Gasteiger charge is 2.20. The van der Waals surface area contributed by atoms with Crippen molar-refractivity contribution in [1.29, 1.82) is 0 Å². The van der Waals surface area contributed by atoms with Crippen LogP contribution in [0.25, 0.3) is 0 Å². The first kappa shape index (κ1) is 12.0. The number of aliphatic hydroxyl groups is 1. The molecule has 0 amide bonds. The Morgan fingerprint density at radius 3 is 2.53 bits per heavy atom. The smallest absolute Gasteiger partial charge is 0.119 e. The number of aliphatic hydroxyl groups excluding tert-OH is 1. The summed E-state index contributed by atoms with van der Waals surface area (Å²) in [4.78, 5) is 0. The monoisotopic (exact) mass is 209 g/mol. The summed E-state index contributed by atoms with van der Waals surface area (Å²) in [5, 5.41) is 12.2. The van der Waals surface area contributed by atoms with E-state index in [4.69, 9.17) is 9.84 Å². The van der Waals surface area contributed by atoms with E-state index in [0.29, 0.717) is 6.61 Å². The standard InChI is InChI=1S/C12H19NO2/c1-12(10-14,13-2)8-9-15-11-6-4-3-5-7-11/h3-7,13-14H,8-10H2,1-2H3. The average Bonchev–Trinajstić information content (AvgIpc) is 2.30. The molecule has 0 heterocycles. The third kappa shape index (κ3) is 3.90. The van der Waals surface area contributed by atoms with Crippen LogP contribution in [0.1, 0.15) is 13.3 Å². The predicted octanol–water partition coefficient (Wildman–Crippen LogP) is 1.43. The molecule has 1 aromatic rings. The normalized spacial score (nSPS) is 14.6. The molecule has 0 spiro atoms. The van der Waals surface area contributed by atoms with Gasteiger partial charge in [0.1, 0.15) is 5.75 Å². The van der Waals surface area contributed by atoms with Crippen molar-refractivity contribution in [2.24, 2.45) is 0 Å². The fourth-order valence-corrected chi connectivity index (χ4v) is 1.19. The van der Waals surface area contributed by atoms with Crippen LogP contribution in [0.4, 0.5) is 0 Å². The number of likely N-dealkylation sites (N-methyl/N-ethyl adjacent to an activating group) is 1. The van der Waals surface area contributed by atoms with Crippen molar-refractivity contribution in [3.63, 3.8) is 0 Å². The van der Waals surface area contributed by atoms with Gasteiger partial charge in [0, 0.05) is 12.0 Å². The second kappa shape index (κ2) is 5.73. The van der Waals surface area contributed by atoms with Crippen LogP contribution >= 0.6 is 0 Å². The molecule has 3 heteroatoms. The predicted molar refractivity (Wildman–Crippen MR) is 61.1 cm³/mol. The van der Waals surface area contributed by atoms with E-state index in [1.165, 1.54) is 0 Å². The summed E-state index contributed by atoms with van der Waals surface area (Å²) in [5.41, 5.74) is -0.255. The average molecular weight is 209 g/mol. The molecule has 0 saturated carbocycles. The zero-order valence-electron chi connectivity index (χ0n) is 9.36. The maximum atomic E-state index is 9.16. The zero-order chi connectivity index (χ0) is 11.1. The van der Waals surface area contributed by atoms with Gasteiger partial charge in [0.15, 0.2) is 0 Å². The molecular formula is C12H19NO2. The molecule has 84 valence electrons. The van der Waals surface area contributed by atoms with Crippen molar-refractivity contribution >= 4 is 0 Å². The molecule has 1 unspecified atom stereocenters. The minimum absolute atomic E-state index is 0.113. The van der Waals surface area contributed by atoms with Gasteiger partial charge in [-0.1, -0.05) is 18.2 Å². The van der Waals surface area contributed by atoms with Crippen LogP contribution in [0.5, 0.6) is 5.75 Å². The van der Waals surface area contributed by atoms with Crippen LogP contribution in [-0.4, -0.2) is 30.9 Å². The molecule has 0 bridgehead atoms. The number of hydrogen-bond acceptors (Lipinski definition) is 3. The number of ether oxygens (including phenoxy) is 1. The molecule has 0 radical (unpaired) electrons. The van der Waals surface area contributed by atoms with Gasteiger partial charge in [-0.15, -0.1) is 0 Å². The highest BCUT2D eigenvalue weighted by molar-refractivity contribution is 5.20. The largest absolute Gasteiger partial charge is 0.494 e. The van der Waals surface area contributed by atoms with Crippen molar-refractivity contribution in [1.82, 2.24) is 5.32 Å². The number of para-hydroxylation sites is 1. The van der Waals surface area contributed by atoms with Crippen molar-refractivity contribution in [3.8, 4) is 5.75 Å². The van der Waals surface area contributed by atoms with Crippen LogP contribution in [0.2, 0.25) is 0 Å². The topological polar surface area (TPSA) is 41.5 Å². The van der Waals surface area contributed by atoms with Crippen LogP contribution in [0.15, 0.2) is 30.3 Å². The molecule has 0 aliphatic rings. The number of benzene rings is 1. The maximum Gasteiger partial charge on any atom is 0.119 e. The van der Waals surface area contributed by atoms with Crippen LogP contribution < -0.4 is 10.1 Å². The number of rotatable bonds is 6. The van der Waals surface area contributed by atoms with Gasteiger partial charge in [0.05, 0.1) is 13.2 Å². The first-order chi connectivity index (χ1) is 7.20. The lowest BCUT2D eigenvalue weighted by atomic mass is 10.0. The molecule has 0 fully saturated rings. The van der Waals surface area contributed by atoms with Gasteiger partial charge in [-0.3, -0.25) is 0 Å². The van der Waals surface area contributed by atoms with Crippen LogP contribution in [-0.2, 0) is 0 Å². The van der Waals surface area contributed by atoms with Gasteiger partial charge >= 0.3 is 0 Å². The van der Waals surface area contributed by atoms with Crippen LogP contribution in [0, 0.1) is 0 Å². The quantitative estimate of drug-likeness (QED) is 0.744. The van der Waals surface area contributed by atoms with Gasteiger partial charge < -0.3 is 15.2 Å². The Kier molecular flexibility index (Phi) is 4.59. The lowest BCUT2D eigenvalue weighted by molar-refractivity contribution is 0.151. The summed E-state index contributed by atoms with van der Waals surface area (Å²) in [7, 11) is 1.85. The number of nitrogens with one attached hydrogen (secondary N) is 1. The summed E-state index contributed by atoms with van der Waals surface area (Å²) in [6, 6.07) is 9.70. The SMILES string of the molecule is CNC(C)(CO)CCOc1ccccc1. The summed E-state index contributed by atoms with van der Waals surface area (Å²) in [6.07, 6.45) is 0.773. The fraction of sp³-hybridized carbons (Fsp3) is 0.500. The summed E-state index contributed by atoms with van der Waals surface area (Å²) >= 11 is 0. The lowest BCUT2D eigenvalue weighted by Crippen LogP contribution is -2.44. The second-order valence-corrected chi connectivity index (χ2v) is 3.88. The van der Waals surface area contributed by atoms with Gasteiger partial charge in [-0.2, -0.15) is 0 Å². The minimum Gasteiger partial charge on any atom is -0.494 e. The van der Waals surface area contributed by atoms with E-state index in [2.05, 4.69) is 5.32 Å². The number of hydrogen-bond donors (Lipinski definition) is 2. The fourth-order valence-electron chi connectivity index (χ4n) is 1.19. The lowest BCUT2D eigenvalue weighted by Gasteiger charge is -2.26. The van der Waals surface area contributed by atoms with E-state index in [1.807, 2.05) is 44.3 Å². The van der Waals surface area contributed by atoms with Gasteiger partial charge in [0.2, 0.25) is 0 Å². The Morgan fingerprint density at radius 2 is 2.00 bits per heavy atom. The Labute approximate surface area is 91.1 Å². The Hall–Kier alpha value is -1.06. The first-order valence-electron chi connectivity index (χ1n) is 5.18. The molecule has 1 atom stereocenters. The van der Waals surface area contributed by atoms with E-state index in [9.17, 15) is 0 Å². The third-order valence-corrected chi connectivity index (χ3v) is 2.62. The van der Waals surface area contributed by atoms with E-state index < -0.39 is 0 Å². The Morgan fingerprint density at radius 1 is 1.33 bits per heavy atom. The summed E-state index contributed by atoms with van der Waals surface area (Å²) in [5.74, 6) is 0.869. The highest BCUT2D eigenvalue weighted by atomic mass is 16.5. The third-order valence-electron chi connectivity index (χ3n) is 2.62. The molecule has 1 aromatic carbocycles. The van der Waals surface area contributed by atoms with Crippen molar-refractivity contribution in [3.05, 3.63) is 30.3 Å². The van der Waals surface area contributed by atoms with E-state index in [-0.39, 0.29) is 12.1 Å². The molecule has 15 heavy (non-hydrogen) atoms. The Balaban J connectivity index is 2.33. The highest BCUT2D eigenvalue weighted by Crippen LogP contribution is 2.12. The van der Waals surface area contributed by atoms with E-state index in [0.717, 1.165) is 12.2 Å². The molecule has 2 N–H and O–H groups in total. The van der Waals surface area contributed by atoms with Crippen molar-refractivity contribution in [2.75, 3.05) is 20.3 Å². The molecule has 1 rings (SSSR count). The molecule has 0 aromatic heterocycles. The van der Waals surface area contributed by atoms with Gasteiger partial charge in [0.25, 0.3) is 0 Å². The maximum absolute atomic E-state index is 9.16. The van der Waals surface area contributed by atoms with Crippen LogP contribution in [0.3, 0.4) is 0 Å². The van der Waals surface area contributed by atoms with Gasteiger partial charge in [-0.25, -0.2) is 0 Å². The molecular weight excluding hydrogens is 190 g/mol. The Bertz CT molecular complexity index is 270. The zero-order valence-corrected chi connectivity index (χ0v) is 9.36. The van der Waals surface area contributed by atoms with E-state index in [1.54, 1.807) is 0 Å².